The number of fused-ring (bicyclic) bond motifs is 1. The Morgan fingerprint density at radius 1 is 1.05 bits per heavy atom. The van der Waals surface area contributed by atoms with Crippen molar-refractivity contribution in [3.05, 3.63) is 11.6 Å². The van der Waals surface area contributed by atoms with Crippen molar-refractivity contribution < 1.29 is 0 Å². The van der Waals surface area contributed by atoms with Gasteiger partial charge < -0.3 is 15.2 Å². The summed E-state index contributed by atoms with van der Waals surface area (Å²) in [6.07, 6.45) is 7.26. The number of nitrogens with zero attached hydrogens (tertiary/aromatic N) is 5. The summed E-state index contributed by atoms with van der Waals surface area (Å²) in [6, 6.07) is 0. The molecule has 3 heterocycles. The van der Waals surface area contributed by atoms with E-state index >= 15 is 0 Å². The van der Waals surface area contributed by atoms with Crippen LogP contribution in [0.5, 0.6) is 0 Å². The molecule has 0 radical (unpaired) electrons. The third-order valence-electron chi connectivity index (χ3n) is 4.00. The van der Waals surface area contributed by atoms with Crippen molar-refractivity contribution in [2.24, 2.45) is 10.7 Å². The topological polar surface area (TPSA) is 72.3 Å². The first-order valence-corrected chi connectivity index (χ1v) is 7.30. The molecule has 104 valence electrons. The highest BCUT2D eigenvalue weighted by molar-refractivity contribution is 5.78. The summed E-state index contributed by atoms with van der Waals surface area (Å²) >= 11 is 0. The van der Waals surface area contributed by atoms with Crippen LogP contribution in [0.4, 0.5) is 0 Å². The highest BCUT2D eigenvalue weighted by atomic mass is 15.3. The molecule has 0 bridgehead atoms. The molecule has 2 aliphatic rings. The van der Waals surface area contributed by atoms with Crippen LogP contribution >= 0.6 is 0 Å². The van der Waals surface area contributed by atoms with Crippen LogP contribution in [0.2, 0.25) is 0 Å². The van der Waals surface area contributed by atoms with Gasteiger partial charge in [-0.2, -0.15) is 0 Å². The zero-order valence-electron chi connectivity index (χ0n) is 11.4. The van der Waals surface area contributed by atoms with E-state index in [-0.39, 0.29) is 0 Å². The van der Waals surface area contributed by atoms with E-state index in [1.807, 2.05) is 0 Å². The number of likely N-dealkylation sites (tertiary alicyclic amines) is 1. The number of aryl methyl sites for hydroxylation is 1. The van der Waals surface area contributed by atoms with E-state index in [1.54, 1.807) is 0 Å². The minimum Gasteiger partial charge on any atom is -0.370 e. The van der Waals surface area contributed by atoms with Gasteiger partial charge in [-0.05, 0) is 19.3 Å². The van der Waals surface area contributed by atoms with Crippen LogP contribution in [-0.4, -0.2) is 38.7 Å². The number of hydrogen-bond donors (Lipinski definition) is 1. The molecule has 1 fully saturated rings. The zero-order chi connectivity index (χ0) is 13.1. The average molecular weight is 262 g/mol. The first-order valence-electron chi connectivity index (χ1n) is 7.30. The van der Waals surface area contributed by atoms with Crippen LogP contribution in [0, 0.1) is 0 Å². The van der Waals surface area contributed by atoms with E-state index < -0.39 is 0 Å². The van der Waals surface area contributed by atoms with Crippen molar-refractivity contribution in [1.29, 1.82) is 0 Å². The fourth-order valence-electron chi connectivity index (χ4n) is 2.88. The van der Waals surface area contributed by atoms with Gasteiger partial charge in [0.1, 0.15) is 12.4 Å². The molecule has 3 rings (SSSR count). The Bertz CT molecular complexity index is 456. The van der Waals surface area contributed by atoms with Crippen molar-refractivity contribution in [2.75, 3.05) is 13.1 Å². The SMILES string of the molecule is NC(=NCc1nnc2n1CCC2)N1CCCCCC1. The molecule has 2 N–H and O–H groups in total. The molecule has 0 amide bonds. The van der Waals surface area contributed by atoms with Gasteiger partial charge in [0.15, 0.2) is 11.8 Å². The van der Waals surface area contributed by atoms with E-state index in [2.05, 4.69) is 24.7 Å². The molecule has 0 unspecified atom stereocenters. The summed E-state index contributed by atoms with van der Waals surface area (Å²) < 4.78 is 2.18. The van der Waals surface area contributed by atoms with E-state index in [0.717, 1.165) is 37.7 Å². The second-order valence-corrected chi connectivity index (χ2v) is 5.36. The fraction of sp³-hybridized carbons (Fsp3) is 0.769. The summed E-state index contributed by atoms with van der Waals surface area (Å²) in [4.78, 5) is 6.71. The second kappa shape index (κ2) is 5.59. The zero-order valence-corrected chi connectivity index (χ0v) is 11.4. The van der Waals surface area contributed by atoms with Gasteiger partial charge in [-0.15, -0.1) is 10.2 Å². The second-order valence-electron chi connectivity index (χ2n) is 5.36. The number of aliphatic imine (C=N–C) groups is 1. The van der Waals surface area contributed by atoms with Crippen molar-refractivity contribution >= 4 is 5.96 Å². The van der Waals surface area contributed by atoms with E-state index in [9.17, 15) is 0 Å². The van der Waals surface area contributed by atoms with Gasteiger partial charge in [0, 0.05) is 26.1 Å². The number of hydrogen-bond acceptors (Lipinski definition) is 3. The predicted octanol–water partition coefficient (Wildman–Crippen LogP) is 0.915. The van der Waals surface area contributed by atoms with Crippen molar-refractivity contribution in [3.63, 3.8) is 0 Å². The molecule has 6 nitrogen and oxygen atoms in total. The Morgan fingerprint density at radius 2 is 1.84 bits per heavy atom. The lowest BCUT2D eigenvalue weighted by Crippen LogP contribution is -2.38. The maximum Gasteiger partial charge on any atom is 0.191 e. The van der Waals surface area contributed by atoms with Gasteiger partial charge >= 0.3 is 0 Å². The third kappa shape index (κ3) is 2.72. The molecule has 0 saturated carbocycles. The van der Waals surface area contributed by atoms with Gasteiger partial charge in [0.05, 0.1) is 0 Å². The van der Waals surface area contributed by atoms with Gasteiger partial charge in [-0.3, -0.25) is 0 Å². The summed E-state index contributed by atoms with van der Waals surface area (Å²) in [5, 5.41) is 8.40. The molecule has 0 spiro atoms. The molecule has 2 aliphatic heterocycles. The van der Waals surface area contributed by atoms with Crippen molar-refractivity contribution in [1.82, 2.24) is 19.7 Å². The lowest BCUT2D eigenvalue weighted by molar-refractivity contribution is 0.428. The first-order chi connectivity index (χ1) is 9.34. The molecule has 0 aromatic carbocycles. The minimum absolute atomic E-state index is 0.551. The monoisotopic (exact) mass is 262 g/mol. The lowest BCUT2D eigenvalue weighted by Gasteiger charge is -2.20. The van der Waals surface area contributed by atoms with E-state index in [0.29, 0.717) is 12.5 Å². The number of nitrogens with two attached hydrogens (primary N) is 1. The molecular formula is C13H22N6. The molecular weight excluding hydrogens is 240 g/mol. The van der Waals surface area contributed by atoms with Crippen LogP contribution in [-0.2, 0) is 19.5 Å². The lowest BCUT2D eigenvalue weighted by atomic mass is 10.2. The maximum absolute atomic E-state index is 6.10. The molecule has 1 aromatic rings. The normalized spacial score (nSPS) is 20.4. The van der Waals surface area contributed by atoms with Crippen molar-refractivity contribution in [2.45, 2.75) is 51.6 Å². The molecule has 6 heteroatoms. The van der Waals surface area contributed by atoms with Crippen LogP contribution in [0.1, 0.15) is 43.8 Å². The minimum atomic E-state index is 0.551. The molecule has 19 heavy (non-hydrogen) atoms. The van der Waals surface area contributed by atoms with Crippen LogP contribution in [0.3, 0.4) is 0 Å². The Kier molecular flexibility index (Phi) is 3.66. The third-order valence-corrected chi connectivity index (χ3v) is 4.00. The van der Waals surface area contributed by atoms with Crippen molar-refractivity contribution in [3.8, 4) is 0 Å². The maximum atomic E-state index is 6.10. The van der Waals surface area contributed by atoms with Crippen LogP contribution in [0.15, 0.2) is 4.99 Å². The van der Waals surface area contributed by atoms with Crippen LogP contribution < -0.4 is 5.73 Å². The largest absolute Gasteiger partial charge is 0.370 e. The average Bonchev–Trinajstić information content (AvgIpc) is 2.91. The summed E-state index contributed by atoms with van der Waals surface area (Å²) in [5.41, 5.74) is 6.10. The standard InChI is InChI=1S/C13H22N6/c14-13(18-7-3-1-2-4-8-18)15-10-12-17-16-11-6-5-9-19(11)12/h1-10H2,(H2,14,15). The quantitative estimate of drug-likeness (QED) is 0.635. The highest BCUT2D eigenvalue weighted by Crippen LogP contribution is 2.15. The summed E-state index contributed by atoms with van der Waals surface area (Å²) in [5.74, 6) is 2.71. The summed E-state index contributed by atoms with van der Waals surface area (Å²) in [6.45, 7) is 3.65. The highest BCUT2D eigenvalue weighted by Gasteiger charge is 2.17. The van der Waals surface area contributed by atoms with Gasteiger partial charge in [-0.1, -0.05) is 12.8 Å². The Labute approximate surface area is 113 Å². The fourth-order valence-corrected chi connectivity index (χ4v) is 2.88. The van der Waals surface area contributed by atoms with E-state index in [4.69, 9.17) is 5.73 Å². The molecule has 1 aromatic heterocycles. The van der Waals surface area contributed by atoms with E-state index in [1.165, 1.54) is 32.1 Å². The van der Waals surface area contributed by atoms with Gasteiger partial charge in [0.2, 0.25) is 0 Å². The Balaban J connectivity index is 1.64. The summed E-state index contributed by atoms with van der Waals surface area (Å²) in [7, 11) is 0. The Hall–Kier alpha value is -1.59. The number of rotatable bonds is 2. The molecule has 0 atom stereocenters. The molecule has 0 aliphatic carbocycles. The van der Waals surface area contributed by atoms with Crippen LogP contribution in [0.25, 0.3) is 0 Å². The van der Waals surface area contributed by atoms with Gasteiger partial charge in [-0.25, -0.2) is 4.99 Å². The molecule has 1 saturated heterocycles. The smallest absolute Gasteiger partial charge is 0.191 e. The van der Waals surface area contributed by atoms with Gasteiger partial charge in [0.25, 0.3) is 0 Å². The first kappa shape index (κ1) is 12.4. The predicted molar refractivity (Wildman–Crippen MR) is 73.7 cm³/mol. The Morgan fingerprint density at radius 3 is 2.63 bits per heavy atom. The number of aromatic nitrogens is 3. The number of guanidine groups is 1.